The molecule has 3 nitrogen and oxygen atoms in total. The van der Waals surface area contributed by atoms with Crippen LogP contribution >= 0.6 is 11.6 Å². The van der Waals surface area contributed by atoms with Gasteiger partial charge in [-0.2, -0.15) is 0 Å². The van der Waals surface area contributed by atoms with E-state index in [1.165, 1.54) is 5.56 Å². The van der Waals surface area contributed by atoms with Crippen LogP contribution in [0.15, 0.2) is 66.7 Å². The standard InChI is InChI=1S/C22H20ClNO2/c23-20-8-4-7-17(12-20)18-11-19-15-24(14-16-5-2-1-3-6-16)9-10-26-22(19)21(25)13-18/h1-8,11-13,25H,9-10,14-15H2. The summed E-state index contributed by atoms with van der Waals surface area (Å²) in [5, 5.41) is 11.2. The van der Waals surface area contributed by atoms with Gasteiger partial charge in [-0.15, -0.1) is 0 Å². The summed E-state index contributed by atoms with van der Waals surface area (Å²) >= 11 is 6.12. The molecule has 0 radical (unpaired) electrons. The topological polar surface area (TPSA) is 32.7 Å². The highest BCUT2D eigenvalue weighted by molar-refractivity contribution is 6.30. The zero-order chi connectivity index (χ0) is 17.9. The molecule has 0 saturated heterocycles. The van der Waals surface area contributed by atoms with Gasteiger partial charge in [0.1, 0.15) is 6.61 Å². The van der Waals surface area contributed by atoms with Crippen molar-refractivity contribution in [1.29, 1.82) is 0 Å². The van der Waals surface area contributed by atoms with Gasteiger partial charge in [-0.1, -0.05) is 54.1 Å². The number of hydrogen-bond donors (Lipinski definition) is 1. The molecule has 0 amide bonds. The Bertz CT molecular complexity index is 911. The Morgan fingerprint density at radius 1 is 0.962 bits per heavy atom. The Labute approximate surface area is 158 Å². The van der Waals surface area contributed by atoms with Crippen molar-refractivity contribution >= 4 is 11.6 Å². The molecule has 0 saturated carbocycles. The summed E-state index contributed by atoms with van der Waals surface area (Å²) in [6, 6.07) is 21.9. The van der Waals surface area contributed by atoms with E-state index in [0.29, 0.717) is 17.4 Å². The van der Waals surface area contributed by atoms with Crippen LogP contribution < -0.4 is 4.74 Å². The SMILES string of the molecule is Oc1cc(-c2cccc(Cl)c2)cc2c1OCCN(Cc1ccccc1)C2. The first kappa shape index (κ1) is 17.0. The number of rotatable bonds is 3. The number of nitrogens with zero attached hydrogens (tertiary/aromatic N) is 1. The molecule has 1 N–H and O–H groups in total. The van der Waals surface area contributed by atoms with Gasteiger partial charge in [0.15, 0.2) is 11.5 Å². The molecule has 0 atom stereocenters. The van der Waals surface area contributed by atoms with Crippen LogP contribution in [0.2, 0.25) is 5.02 Å². The van der Waals surface area contributed by atoms with Crippen LogP contribution in [0.5, 0.6) is 11.5 Å². The van der Waals surface area contributed by atoms with E-state index in [1.54, 1.807) is 6.07 Å². The lowest BCUT2D eigenvalue weighted by molar-refractivity contribution is 0.217. The molecule has 3 aromatic carbocycles. The third-order valence-corrected chi connectivity index (χ3v) is 4.84. The highest BCUT2D eigenvalue weighted by Crippen LogP contribution is 2.38. The highest BCUT2D eigenvalue weighted by Gasteiger charge is 2.20. The lowest BCUT2D eigenvalue weighted by Crippen LogP contribution is -2.25. The average Bonchev–Trinajstić information content (AvgIpc) is 2.85. The normalized spacial score (nSPS) is 14.3. The second-order valence-electron chi connectivity index (χ2n) is 6.54. The summed E-state index contributed by atoms with van der Waals surface area (Å²) in [4.78, 5) is 2.34. The summed E-state index contributed by atoms with van der Waals surface area (Å²) in [6.45, 7) is 2.96. The largest absolute Gasteiger partial charge is 0.504 e. The van der Waals surface area contributed by atoms with E-state index in [0.717, 1.165) is 36.3 Å². The smallest absolute Gasteiger partial charge is 0.165 e. The lowest BCUT2D eigenvalue weighted by Gasteiger charge is -2.19. The molecule has 4 heteroatoms. The molecule has 0 unspecified atom stereocenters. The quantitative estimate of drug-likeness (QED) is 0.700. The molecule has 0 spiro atoms. The molecule has 4 rings (SSSR count). The summed E-state index contributed by atoms with van der Waals surface area (Å²) in [6.07, 6.45) is 0. The second-order valence-corrected chi connectivity index (χ2v) is 6.98. The monoisotopic (exact) mass is 365 g/mol. The van der Waals surface area contributed by atoms with Crippen molar-refractivity contribution in [2.24, 2.45) is 0 Å². The van der Waals surface area contributed by atoms with Crippen LogP contribution in [0.1, 0.15) is 11.1 Å². The highest BCUT2D eigenvalue weighted by atomic mass is 35.5. The van der Waals surface area contributed by atoms with E-state index in [1.807, 2.05) is 30.3 Å². The number of halogens is 1. The number of aromatic hydroxyl groups is 1. The number of phenols is 1. The molecule has 1 heterocycles. The van der Waals surface area contributed by atoms with Crippen molar-refractivity contribution in [3.8, 4) is 22.6 Å². The van der Waals surface area contributed by atoms with Gasteiger partial charge in [-0.05, 0) is 41.0 Å². The summed E-state index contributed by atoms with van der Waals surface area (Å²) < 4.78 is 5.84. The molecule has 0 fully saturated rings. The molecular weight excluding hydrogens is 346 g/mol. The zero-order valence-corrected chi connectivity index (χ0v) is 15.1. The van der Waals surface area contributed by atoms with Crippen molar-refractivity contribution in [3.63, 3.8) is 0 Å². The van der Waals surface area contributed by atoms with E-state index in [4.69, 9.17) is 16.3 Å². The van der Waals surface area contributed by atoms with Gasteiger partial charge in [0.2, 0.25) is 0 Å². The van der Waals surface area contributed by atoms with Crippen molar-refractivity contribution in [1.82, 2.24) is 4.90 Å². The number of phenolic OH excluding ortho intramolecular Hbond substituents is 1. The van der Waals surface area contributed by atoms with Gasteiger partial charge in [0.25, 0.3) is 0 Å². The maximum absolute atomic E-state index is 10.5. The molecule has 3 aromatic rings. The number of fused-ring (bicyclic) bond motifs is 1. The van der Waals surface area contributed by atoms with Crippen molar-refractivity contribution < 1.29 is 9.84 Å². The maximum Gasteiger partial charge on any atom is 0.165 e. The molecular formula is C22H20ClNO2. The van der Waals surface area contributed by atoms with Crippen LogP contribution in [0.3, 0.4) is 0 Å². The van der Waals surface area contributed by atoms with Crippen LogP contribution in [0.4, 0.5) is 0 Å². The van der Waals surface area contributed by atoms with Crippen molar-refractivity contribution in [3.05, 3.63) is 82.9 Å². The van der Waals surface area contributed by atoms with E-state index in [-0.39, 0.29) is 5.75 Å². The van der Waals surface area contributed by atoms with Crippen molar-refractivity contribution in [2.75, 3.05) is 13.2 Å². The predicted octanol–water partition coefficient (Wildman–Crippen LogP) is 5.11. The first-order chi connectivity index (χ1) is 12.7. The molecule has 1 aliphatic rings. The van der Waals surface area contributed by atoms with Crippen molar-refractivity contribution in [2.45, 2.75) is 13.1 Å². The fourth-order valence-electron chi connectivity index (χ4n) is 3.36. The molecule has 1 aliphatic heterocycles. The first-order valence-electron chi connectivity index (χ1n) is 8.70. The number of benzene rings is 3. The number of ether oxygens (including phenoxy) is 1. The van der Waals surface area contributed by atoms with Crippen LogP contribution in [-0.4, -0.2) is 23.2 Å². The van der Waals surface area contributed by atoms with Gasteiger partial charge >= 0.3 is 0 Å². The third kappa shape index (κ3) is 3.69. The van der Waals surface area contributed by atoms with E-state index >= 15 is 0 Å². The molecule has 0 aromatic heterocycles. The lowest BCUT2D eigenvalue weighted by atomic mass is 10.0. The minimum absolute atomic E-state index is 0.180. The van der Waals surface area contributed by atoms with Crippen LogP contribution in [-0.2, 0) is 13.1 Å². The predicted molar refractivity (Wildman–Crippen MR) is 105 cm³/mol. The Kier molecular flexibility index (Phi) is 4.83. The van der Waals surface area contributed by atoms with E-state index < -0.39 is 0 Å². The zero-order valence-electron chi connectivity index (χ0n) is 14.4. The van der Waals surface area contributed by atoms with E-state index in [2.05, 4.69) is 35.2 Å². The molecule has 26 heavy (non-hydrogen) atoms. The molecule has 0 aliphatic carbocycles. The summed E-state index contributed by atoms with van der Waals surface area (Å²) in [7, 11) is 0. The number of hydrogen-bond acceptors (Lipinski definition) is 3. The Hall–Kier alpha value is -2.49. The molecule has 0 bridgehead atoms. The third-order valence-electron chi connectivity index (χ3n) is 4.60. The summed E-state index contributed by atoms with van der Waals surface area (Å²) in [5.41, 5.74) is 4.18. The van der Waals surface area contributed by atoms with Gasteiger partial charge in [-0.3, -0.25) is 4.90 Å². The average molecular weight is 366 g/mol. The van der Waals surface area contributed by atoms with E-state index in [9.17, 15) is 5.11 Å². The van der Waals surface area contributed by atoms with Crippen LogP contribution in [0, 0.1) is 0 Å². The first-order valence-corrected chi connectivity index (χ1v) is 9.08. The summed E-state index contributed by atoms with van der Waals surface area (Å²) in [5.74, 6) is 0.769. The minimum atomic E-state index is 0.180. The van der Waals surface area contributed by atoms with Gasteiger partial charge in [-0.25, -0.2) is 0 Å². The minimum Gasteiger partial charge on any atom is -0.504 e. The van der Waals surface area contributed by atoms with Gasteiger partial charge < -0.3 is 9.84 Å². The fourth-order valence-corrected chi connectivity index (χ4v) is 3.55. The van der Waals surface area contributed by atoms with Gasteiger partial charge in [0, 0.05) is 30.2 Å². The second kappa shape index (κ2) is 7.40. The Morgan fingerprint density at radius 3 is 2.62 bits per heavy atom. The van der Waals surface area contributed by atoms with Gasteiger partial charge in [0.05, 0.1) is 0 Å². The maximum atomic E-state index is 10.5. The Balaban J connectivity index is 1.65. The van der Waals surface area contributed by atoms with Crippen LogP contribution in [0.25, 0.3) is 11.1 Å². The fraction of sp³-hybridized carbons (Fsp3) is 0.182. The Morgan fingerprint density at radius 2 is 1.81 bits per heavy atom. The molecule has 132 valence electrons.